The van der Waals surface area contributed by atoms with E-state index in [0.29, 0.717) is 0 Å². The first kappa shape index (κ1) is 15.8. The molecule has 118 valence electrons. The highest BCUT2D eigenvalue weighted by molar-refractivity contribution is 5.58. The Morgan fingerprint density at radius 2 is 1.74 bits per heavy atom. The lowest BCUT2D eigenvalue weighted by Gasteiger charge is -1.99. The summed E-state index contributed by atoms with van der Waals surface area (Å²) in [6.45, 7) is 1.87. The van der Waals surface area contributed by atoms with Crippen molar-refractivity contribution in [2.24, 2.45) is 0 Å². The van der Waals surface area contributed by atoms with Gasteiger partial charge in [-0.15, -0.1) is 0 Å². The number of hydrogen-bond acceptors (Lipinski definition) is 0. The largest absolute Gasteiger partial charge is 1.00 e. The Labute approximate surface area is 141 Å². The summed E-state index contributed by atoms with van der Waals surface area (Å²) in [6, 6.07) is 17.3. The van der Waals surface area contributed by atoms with Crippen LogP contribution in [-0.2, 0) is 19.5 Å². The van der Waals surface area contributed by atoms with E-state index < -0.39 is 0 Å². The van der Waals surface area contributed by atoms with E-state index in [4.69, 9.17) is 0 Å². The number of rotatable bonds is 3. The molecule has 0 N–H and O–H groups in total. The molecule has 2 aromatic carbocycles. The first-order valence-electron chi connectivity index (χ1n) is 7.73. The normalized spacial score (nSPS) is 12.7. The van der Waals surface area contributed by atoms with Crippen LogP contribution in [0.4, 0.5) is 4.39 Å². The van der Waals surface area contributed by atoms with Crippen LogP contribution in [0.3, 0.4) is 0 Å². The number of fused-ring (bicyclic) bond motifs is 1. The molecule has 1 aliphatic rings. The number of nitrogens with zero attached hydrogens (tertiary/aromatic N) is 2. The average Bonchev–Trinajstić information content (AvgIpc) is 3.14. The van der Waals surface area contributed by atoms with Crippen LogP contribution < -0.4 is 17.0 Å². The molecule has 1 aliphatic heterocycles. The number of halogens is 2. The summed E-state index contributed by atoms with van der Waals surface area (Å²) in [4.78, 5) is 0. The molecule has 4 heteroatoms. The zero-order valence-corrected chi connectivity index (χ0v) is 13.5. The van der Waals surface area contributed by atoms with E-state index in [0.717, 1.165) is 25.1 Å². The fraction of sp³-hybridized carbons (Fsp3) is 0.211. The number of hydrogen-bond donors (Lipinski definition) is 0. The van der Waals surface area contributed by atoms with E-state index >= 15 is 0 Å². The maximum absolute atomic E-state index is 13.1. The summed E-state index contributed by atoms with van der Waals surface area (Å²) in [5.74, 6) is 1.18. The van der Waals surface area contributed by atoms with E-state index in [1.807, 2.05) is 18.2 Å². The van der Waals surface area contributed by atoms with E-state index in [1.165, 1.54) is 35.6 Å². The van der Waals surface area contributed by atoms with Crippen molar-refractivity contribution in [2.45, 2.75) is 25.9 Å². The first-order valence-corrected chi connectivity index (χ1v) is 7.73. The van der Waals surface area contributed by atoms with Crippen LogP contribution in [0.15, 0.2) is 60.8 Å². The van der Waals surface area contributed by atoms with Crippen molar-refractivity contribution in [3.63, 3.8) is 0 Å². The van der Waals surface area contributed by atoms with Gasteiger partial charge in [0.05, 0.1) is 13.0 Å². The molecule has 23 heavy (non-hydrogen) atoms. The van der Waals surface area contributed by atoms with E-state index in [9.17, 15) is 4.39 Å². The third-order valence-corrected chi connectivity index (χ3v) is 4.33. The number of imidazole rings is 1. The second kappa shape index (κ2) is 6.55. The van der Waals surface area contributed by atoms with E-state index in [-0.39, 0.29) is 18.2 Å². The minimum absolute atomic E-state index is 0. The van der Waals surface area contributed by atoms with Gasteiger partial charge >= 0.3 is 0 Å². The van der Waals surface area contributed by atoms with Crippen molar-refractivity contribution in [1.82, 2.24) is 4.57 Å². The first-order chi connectivity index (χ1) is 10.8. The molecule has 0 unspecified atom stereocenters. The minimum atomic E-state index is -0.180. The second-order valence-corrected chi connectivity index (χ2v) is 5.81. The monoisotopic (exact) mass is 328 g/mol. The van der Waals surface area contributed by atoms with Crippen molar-refractivity contribution >= 4 is 0 Å². The van der Waals surface area contributed by atoms with Crippen LogP contribution in [0, 0.1) is 5.82 Å². The molecule has 2 nitrogen and oxygen atoms in total. The van der Waals surface area contributed by atoms with Crippen LogP contribution in [0.5, 0.6) is 0 Å². The Bertz CT molecular complexity index is 794. The van der Waals surface area contributed by atoms with Gasteiger partial charge in [0, 0.05) is 5.56 Å². The standard InChI is InChI=1S/C19H18FN2.ClH/c20-17-10-8-15(9-11-17)13-21-14-18(16-5-2-1-3-6-16)22-12-4-7-19(21)22;/h1-3,5-6,8-11,14H,4,7,12-13H2;1H/q+1;/p-1. The second-order valence-electron chi connectivity index (χ2n) is 5.81. The van der Waals surface area contributed by atoms with Crippen LogP contribution in [0.1, 0.15) is 17.8 Å². The molecular weight excluding hydrogens is 311 g/mol. The maximum Gasteiger partial charge on any atom is 0.257 e. The molecule has 3 aromatic rings. The van der Waals surface area contributed by atoms with Gasteiger partial charge in [-0.3, -0.25) is 0 Å². The van der Waals surface area contributed by atoms with Gasteiger partial charge in [-0.2, -0.15) is 0 Å². The fourth-order valence-electron chi connectivity index (χ4n) is 3.27. The molecule has 0 fully saturated rings. The van der Waals surface area contributed by atoms with Gasteiger partial charge in [0.25, 0.3) is 5.82 Å². The highest BCUT2D eigenvalue weighted by atomic mass is 35.5. The molecule has 0 spiro atoms. The van der Waals surface area contributed by atoms with Gasteiger partial charge in [0.1, 0.15) is 18.6 Å². The molecular formula is C19H18ClFN2. The lowest BCUT2D eigenvalue weighted by molar-refractivity contribution is -0.694. The fourth-order valence-corrected chi connectivity index (χ4v) is 3.27. The van der Waals surface area contributed by atoms with Crippen molar-refractivity contribution in [3.05, 3.63) is 78.0 Å². The van der Waals surface area contributed by atoms with Gasteiger partial charge in [-0.05, 0) is 24.1 Å². The zero-order chi connectivity index (χ0) is 14.9. The van der Waals surface area contributed by atoms with Gasteiger partial charge in [0.15, 0.2) is 5.69 Å². The quantitative estimate of drug-likeness (QED) is 0.622. The molecule has 0 saturated carbocycles. The van der Waals surface area contributed by atoms with Gasteiger partial charge in [-0.1, -0.05) is 42.5 Å². The molecule has 1 aromatic heterocycles. The Balaban J connectivity index is 0.00000156. The summed E-state index contributed by atoms with van der Waals surface area (Å²) in [6.07, 6.45) is 4.53. The summed E-state index contributed by atoms with van der Waals surface area (Å²) < 4.78 is 17.8. The molecule has 2 heterocycles. The molecule has 0 aliphatic carbocycles. The molecule has 0 radical (unpaired) electrons. The lowest BCUT2D eigenvalue weighted by atomic mass is 10.1. The van der Waals surface area contributed by atoms with Crippen molar-refractivity contribution < 1.29 is 21.4 Å². The summed E-state index contributed by atoms with van der Waals surface area (Å²) in [5.41, 5.74) is 3.66. The number of benzene rings is 2. The number of aromatic nitrogens is 2. The maximum atomic E-state index is 13.1. The van der Waals surface area contributed by atoms with E-state index in [2.05, 4.69) is 39.6 Å². The van der Waals surface area contributed by atoms with Crippen LogP contribution in [0.2, 0.25) is 0 Å². The van der Waals surface area contributed by atoms with Crippen molar-refractivity contribution in [1.29, 1.82) is 0 Å². The van der Waals surface area contributed by atoms with Crippen LogP contribution in [0.25, 0.3) is 11.3 Å². The topological polar surface area (TPSA) is 8.81 Å². The highest BCUT2D eigenvalue weighted by Crippen LogP contribution is 2.24. The predicted molar refractivity (Wildman–Crippen MR) is 83.9 cm³/mol. The molecule has 0 atom stereocenters. The summed E-state index contributed by atoms with van der Waals surface area (Å²) >= 11 is 0. The third kappa shape index (κ3) is 3.02. The molecule has 0 amide bonds. The third-order valence-electron chi connectivity index (χ3n) is 4.33. The smallest absolute Gasteiger partial charge is 0.257 e. The average molecular weight is 329 g/mol. The summed E-state index contributed by atoms with van der Waals surface area (Å²) in [7, 11) is 0. The van der Waals surface area contributed by atoms with Crippen molar-refractivity contribution in [3.8, 4) is 11.3 Å². The van der Waals surface area contributed by atoms with Crippen LogP contribution in [-0.4, -0.2) is 4.57 Å². The van der Waals surface area contributed by atoms with Gasteiger partial charge in [0.2, 0.25) is 0 Å². The van der Waals surface area contributed by atoms with Crippen LogP contribution >= 0.6 is 0 Å². The lowest BCUT2D eigenvalue weighted by Crippen LogP contribution is -3.00. The van der Waals surface area contributed by atoms with Gasteiger partial charge < -0.3 is 12.4 Å². The zero-order valence-electron chi connectivity index (χ0n) is 12.8. The minimum Gasteiger partial charge on any atom is -1.00 e. The summed E-state index contributed by atoms with van der Waals surface area (Å²) in [5, 5.41) is 0. The SMILES string of the molecule is Fc1ccc(C[n+]2cc(-c3ccccc3)n3c2CCC3)cc1.[Cl-]. The molecule has 0 bridgehead atoms. The van der Waals surface area contributed by atoms with Crippen molar-refractivity contribution in [2.75, 3.05) is 0 Å². The molecule has 4 rings (SSSR count). The Hall–Kier alpha value is -2.13. The van der Waals surface area contributed by atoms with E-state index in [1.54, 1.807) is 0 Å². The predicted octanol–water partition coefficient (Wildman–Crippen LogP) is 0.580. The molecule has 0 saturated heterocycles. The Kier molecular flexibility index (Phi) is 4.49. The Morgan fingerprint density at radius 1 is 1.00 bits per heavy atom. The van der Waals surface area contributed by atoms with Gasteiger partial charge in [-0.25, -0.2) is 13.5 Å². The Morgan fingerprint density at radius 3 is 2.48 bits per heavy atom. The highest BCUT2D eigenvalue weighted by Gasteiger charge is 2.28.